The summed E-state index contributed by atoms with van der Waals surface area (Å²) in [5.41, 5.74) is 2.09. The normalized spacial score (nSPS) is 11.2. The van der Waals surface area contributed by atoms with Crippen LogP contribution in [0.15, 0.2) is 34.8 Å². The SMILES string of the molecule is CCCCN(CCCC)CCCNCc1cc(Br)c(OCc2ccc(Cl)c(Cl)c2)c(OC)c1. The van der Waals surface area contributed by atoms with Crippen LogP contribution in [0.3, 0.4) is 0 Å². The van der Waals surface area contributed by atoms with Crippen LogP contribution in [0.5, 0.6) is 11.5 Å². The maximum absolute atomic E-state index is 6.11. The summed E-state index contributed by atoms with van der Waals surface area (Å²) in [5, 5.41) is 4.62. The molecule has 4 nitrogen and oxygen atoms in total. The number of unbranched alkanes of at least 4 members (excludes halogenated alkanes) is 2. The van der Waals surface area contributed by atoms with Crippen molar-refractivity contribution in [3.05, 3.63) is 56.0 Å². The highest BCUT2D eigenvalue weighted by Gasteiger charge is 2.13. The van der Waals surface area contributed by atoms with Crippen molar-refractivity contribution in [2.45, 2.75) is 59.1 Å². The lowest BCUT2D eigenvalue weighted by Gasteiger charge is -2.22. The second kappa shape index (κ2) is 15.8. The first-order valence-electron chi connectivity index (χ1n) is 11.8. The largest absolute Gasteiger partial charge is 0.493 e. The lowest BCUT2D eigenvalue weighted by Crippen LogP contribution is -2.29. The Labute approximate surface area is 218 Å². The Morgan fingerprint density at radius 3 is 2.24 bits per heavy atom. The average Bonchev–Trinajstić information content (AvgIpc) is 2.81. The summed E-state index contributed by atoms with van der Waals surface area (Å²) < 4.78 is 12.5. The average molecular weight is 560 g/mol. The zero-order chi connectivity index (χ0) is 24.1. The van der Waals surface area contributed by atoms with Crippen LogP contribution in [0.4, 0.5) is 0 Å². The van der Waals surface area contributed by atoms with Gasteiger partial charge in [0.15, 0.2) is 11.5 Å². The molecule has 0 unspecified atom stereocenters. The van der Waals surface area contributed by atoms with Crippen molar-refractivity contribution in [3.63, 3.8) is 0 Å². The lowest BCUT2D eigenvalue weighted by molar-refractivity contribution is 0.261. The van der Waals surface area contributed by atoms with E-state index in [4.69, 9.17) is 32.7 Å². The fraction of sp³-hybridized carbons (Fsp3) is 0.538. The second-order valence-corrected chi connectivity index (χ2v) is 9.89. The molecule has 0 aliphatic heterocycles. The van der Waals surface area contributed by atoms with Crippen molar-refractivity contribution >= 4 is 39.1 Å². The van der Waals surface area contributed by atoms with Crippen LogP contribution in [0.25, 0.3) is 0 Å². The standard InChI is InChI=1S/C26H37BrCl2N2O2/c1-4-6-12-31(13-7-5-2)14-8-11-30-18-21-15-22(27)26(25(17-21)32-3)33-19-20-9-10-23(28)24(29)16-20/h9-10,15-17,30H,4-8,11-14,18-19H2,1-3H3. The minimum atomic E-state index is 0.371. The van der Waals surface area contributed by atoms with E-state index < -0.39 is 0 Å². The molecular weight excluding hydrogens is 523 g/mol. The summed E-state index contributed by atoms with van der Waals surface area (Å²) >= 11 is 15.7. The molecule has 184 valence electrons. The second-order valence-electron chi connectivity index (χ2n) is 8.23. The van der Waals surface area contributed by atoms with E-state index in [0.29, 0.717) is 28.2 Å². The van der Waals surface area contributed by atoms with Gasteiger partial charge in [-0.15, -0.1) is 0 Å². The maximum Gasteiger partial charge on any atom is 0.175 e. The molecule has 0 fully saturated rings. The number of benzene rings is 2. The lowest BCUT2D eigenvalue weighted by atomic mass is 10.2. The summed E-state index contributed by atoms with van der Waals surface area (Å²) in [6.45, 7) is 10.2. The van der Waals surface area contributed by atoms with Crippen molar-refractivity contribution in [1.82, 2.24) is 10.2 Å². The van der Waals surface area contributed by atoms with Crippen LogP contribution in [-0.2, 0) is 13.2 Å². The van der Waals surface area contributed by atoms with E-state index in [1.807, 2.05) is 18.2 Å². The van der Waals surface area contributed by atoms with Crippen LogP contribution in [0.1, 0.15) is 57.1 Å². The molecule has 0 aliphatic rings. The highest BCUT2D eigenvalue weighted by molar-refractivity contribution is 9.10. The highest BCUT2D eigenvalue weighted by atomic mass is 79.9. The summed E-state index contributed by atoms with van der Waals surface area (Å²) in [6, 6.07) is 9.59. The van der Waals surface area contributed by atoms with Crippen LogP contribution >= 0.6 is 39.1 Å². The summed E-state index contributed by atoms with van der Waals surface area (Å²) in [5.74, 6) is 1.38. The molecule has 2 aromatic rings. The van der Waals surface area contributed by atoms with Gasteiger partial charge >= 0.3 is 0 Å². The van der Waals surface area contributed by atoms with Crippen molar-refractivity contribution in [2.75, 3.05) is 33.3 Å². The van der Waals surface area contributed by atoms with Gasteiger partial charge in [-0.05, 0) is 96.8 Å². The minimum absolute atomic E-state index is 0.371. The number of hydrogen-bond donors (Lipinski definition) is 1. The smallest absolute Gasteiger partial charge is 0.175 e. The van der Waals surface area contributed by atoms with Gasteiger partial charge in [0.2, 0.25) is 0 Å². The van der Waals surface area contributed by atoms with Gasteiger partial charge in [0, 0.05) is 6.54 Å². The topological polar surface area (TPSA) is 33.7 Å². The van der Waals surface area contributed by atoms with Crippen molar-refractivity contribution in [2.24, 2.45) is 0 Å². The van der Waals surface area contributed by atoms with E-state index in [9.17, 15) is 0 Å². The number of ether oxygens (including phenoxy) is 2. The Bertz CT molecular complexity index is 843. The molecule has 2 rings (SSSR count). The van der Waals surface area contributed by atoms with Gasteiger partial charge in [0.1, 0.15) is 6.61 Å². The molecular formula is C26H37BrCl2N2O2. The monoisotopic (exact) mass is 558 g/mol. The van der Waals surface area contributed by atoms with E-state index in [0.717, 1.165) is 41.7 Å². The van der Waals surface area contributed by atoms with E-state index in [2.05, 4.69) is 46.1 Å². The van der Waals surface area contributed by atoms with Gasteiger partial charge in [0.05, 0.1) is 21.6 Å². The first kappa shape index (κ1) is 28.3. The molecule has 33 heavy (non-hydrogen) atoms. The quantitative estimate of drug-likeness (QED) is 0.213. The number of halogens is 3. The molecule has 0 amide bonds. The van der Waals surface area contributed by atoms with Gasteiger partial charge in [-0.3, -0.25) is 0 Å². The number of methoxy groups -OCH3 is 1. The predicted octanol–water partition coefficient (Wildman–Crippen LogP) is 7.73. The fourth-order valence-electron chi connectivity index (χ4n) is 3.56. The maximum atomic E-state index is 6.11. The van der Waals surface area contributed by atoms with Crippen LogP contribution in [0, 0.1) is 0 Å². The third-order valence-electron chi connectivity index (χ3n) is 5.47. The molecule has 0 heterocycles. The van der Waals surface area contributed by atoms with Crippen molar-refractivity contribution < 1.29 is 9.47 Å². The summed E-state index contributed by atoms with van der Waals surface area (Å²) in [4.78, 5) is 2.61. The van der Waals surface area contributed by atoms with Crippen LogP contribution in [-0.4, -0.2) is 38.2 Å². The summed E-state index contributed by atoms with van der Waals surface area (Å²) in [6.07, 6.45) is 6.22. The molecule has 0 saturated heterocycles. The Morgan fingerprint density at radius 1 is 0.909 bits per heavy atom. The Kier molecular flexibility index (Phi) is 13.6. The number of rotatable bonds is 16. The van der Waals surface area contributed by atoms with Gasteiger partial charge in [0.25, 0.3) is 0 Å². The first-order chi connectivity index (χ1) is 16.0. The molecule has 0 aromatic heterocycles. The van der Waals surface area contributed by atoms with Crippen molar-refractivity contribution in [3.8, 4) is 11.5 Å². The highest BCUT2D eigenvalue weighted by Crippen LogP contribution is 2.37. The molecule has 0 aliphatic carbocycles. The van der Waals surface area contributed by atoms with Crippen molar-refractivity contribution in [1.29, 1.82) is 0 Å². The molecule has 2 aromatic carbocycles. The van der Waals surface area contributed by atoms with E-state index in [1.165, 1.54) is 38.8 Å². The zero-order valence-corrected chi connectivity index (χ0v) is 23.2. The zero-order valence-electron chi connectivity index (χ0n) is 20.1. The molecule has 0 spiro atoms. The first-order valence-corrected chi connectivity index (χ1v) is 13.4. The molecule has 0 bridgehead atoms. The molecule has 7 heteroatoms. The number of nitrogens with zero attached hydrogens (tertiary/aromatic N) is 1. The Balaban J connectivity index is 1.86. The molecule has 0 saturated carbocycles. The number of hydrogen-bond acceptors (Lipinski definition) is 4. The van der Waals surface area contributed by atoms with Gasteiger partial charge in [-0.1, -0.05) is 56.0 Å². The van der Waals surface area contributed by atoms with E-state index in [1.54, 1.807) is 13.2 Å². The minimum Gasteiger partial charge on any atom is -0.493 e. The number of nitrogens with one attached hydrogen (secondary N) is 1. The fourth-order valence-corrected chi connectivity index (χ4v) is 4.48. The molecule has 1 N–H and O–H groups in total. The Morgan fingerprint density at radius 2 is 1.61 bits per heavy atom. The third kappa shape index (κ3) is 10.0. The summed E-state index contributed by atoms with van der Waals surface area (Å²) in [7, 11) is 1.66. The van der Waals surface area contributed by atoms with Crippen LogP contribution < -0.4 is 14.8 Å². The molecule has 0 atom stereocenters. The predicted molar refractivity (Wildman–Crippen MR) is 144 cm³/mol. The molecule has 0 radical (unpaired) electrons. The van der Waals surface area contributed by atoms with E-state index >= 15 is 0 Å². The van der Waals surface area contributed by atoms with Gasteiger partial charge < -0.3 is 19.7 Å². The Hall–Kier alpha value is -0.980. The van der Waals surface area contributed by atoms with Gasteiger partial charge in [-0.25, -0.2) is 0 Å². The van der Waals surface area contributed by atoms with Crippen LogP contribution in [0.2, 0.25) is 10.0 Å². The van der Waals surface area contributed by atoms with Gasteiger partial charge in [-0.2, -0.15) is 0 Å². The third-order valence-corrected chi connectivity index (χ3v) is 6.80. The van der Waals surface area contributed by atoms with E-state index in [-0.39, 0.29) is 0 Å².